The van der Waals surface area contributed by atoms with E-state index in [0.717, 1.165) is 42.9 Å². The fourth-order valence-corrected chi connectivity index (χ4v) is 2.35. The van der Waals surface area contributed by atoms with Gasteiger partial charge in [-0.2, -0.15) is 0 Å². The van der Waals surface area contributed by atoms with Crippen LogP contribution < -0.4 is 0 Å². The summed E-state index contributed by atoms with van der Waals surface area (Å²) >= 11 is 3.38. The lowest BCUT2D eigenvalue weighted by Gasteiger charge is -2.27. The van der Waals surface area contributed by atoms with Crippen LogP contribution in [-0.2, 0) is 16.0 Å². The summed E-state index contributed by atoms with van der Waals surface area (Å²) in [4.78, 5) is 14.0. The fraction of sp³-hybridized carbons (Fsp3) is 0.462. The van der Waals surface area contributed by atoms with Crippen LogP contribution in [0.15, 0.2) is 22.7 Å². The van der Waals surface area contributed by atoms with Crippen molar-refractivity contribution in [2.75, 3.05) is 33.4 Å². The Kier molecular flexibility index (Phi) is 4.74. The smallest absolute Gasteiger partial charge is 0.338 e. The SMILES string of the molecule is COC(=O)c1cc(Br)ccc1CN1CCOCC1. The summed E-state index contributed by atoms with van der Waals surface area (Å²) in [5, 5.41) is 0. The first-order valence-corrected chi connectivity index (χ1v) is 6.67. The van der Waals surface area contributed by atoms with Gasteiger partial charge in [-0.1, -0.05) is 22.0 Å². The number of morpholine rings is 1. The van der Waals surface area contributed by atoms with Crippen LogP contribution in [0.4, 0.5) is 0 Å². The lowest BCUT2D eigenvalue weighted by atomic mass is 10.1. The summed E-state index contributed by atoms with van der Waals surface area (Å²) in [6.07, 6.45) is 0. The molecule has 0 amide bonds. The minimum atomic E-state index is -0.292. The van der Waals surface area contributed by atoms with Crippen molar-refractivity contribution in [3.05, 3.63) is 33.8 Å². The Balaban J connectivity index is 2.17. The molecule has 5 heteroatoms. The van der Waals surface area contributed by atoms with Crippen molar-refractivity contribution >= 4 is 21.9 Å². The van der Waals surface area contributed by atoms with Gasteiger partial charge in [-0.15, -0.1) is 0 Å². The van der Waals surface area contributed by atoms with Gasteiger partial charge in [-0.25, -0.2) is 4.79 Å². The lowest BCUT2D eigenvalue weighted by Crippen LogP contribution is -2.36. The summed E-state index contributed by atoms with van der Waals surface area (Å²) in [5.41, 5.74) is 1.62. The second kappa shape index (κ2) is 6.31. The van der Waals surface area contributed by atoms with E-state index in [1.54, 1.807) is 0 Å². The van der Waals surface area contributed by atoms with E-state index < -0.39 is 0 Å². The number of hydrogen-bond acceptors (Lipinski definition) is 4. The van der Waals surface area contributed by atoms with Crippen molar-refractivity contribution in [1.82, 2.24) is 4.90 Å². The second-order valence-electron chi connectivity index (χ2n) is 4.18. The Labute approximate surface area is 115 Å². The van der Waals surface area contributed by atoms with E-state index in [1.165, 1.54) is 7.11 Å². The average Bonchev–Trinajstić information content (AvgIpc) is 2.41. The van der Waals surface area contributed by atoms with Crippen LogP contribution in [0.5, 0.6) is 0 Å². The van der Waals surface area contributed by atoms with Gasteiger partial charge in [-0.05, 0) is 17.7 Å². The Morgan fingerprint density at radius 3 is 2.83 bits per heavy atom. The third-order valence-corrected chi connectivity index (χ3v) is 3.47. The summed E-state index contributed by atoms with van der Waals surface area (Å²) in [7, 11) is 1.40. The maximum absolute atomic E-state index is 11.7. The van der Waals surface area contributed by atoms with Crippen molar-refractivity contribution in [2.24, 2.45) is 0 Å². The van der Waals surface area contributed by atoms with Crippen LogP contribution in [-0.4, -0.2) is 44.3 Å². The zero-order chi connectivity index (χ0) is 13.0. The summed E-state index contributed by atoms with van der Waals surface area (Å²) in [5.74, 6) is -0.292. The number of rotatable bonds is 3. The van der Waals surface area contributed by atoms with Crippen molar-refractivity contribution in [2.45, 2.75) is 6.54 Å². The summed E-state index contributed by atoms with van der Waals surface area (Å²) < 4.78 is 11.0. The molecule has 1 fully saturated rings. The lowest BCUT2D eigenvalue weighted by molar-refractivity contribution is 0.0338. The maximum Gasteiger partial charge on any atom is 0.338 e. The van der Waals surface area contributed by atoms with Gasteiger partial charge >= 0.3 is 5.97 Å². The topological polar surface area (TPSA) is 38.8 Å². The molecule has 0 atom stereocenters. The van der Waals surface area contributed by atoms with E-state index in [1.807, 2.05) is 18.2 Å². The van der Waals surface area contributed by atoms with Crippen molar-refractivity contribution < 1.29 is 14.3 Å². The summed E-state index contributed by atoms with van der Waals surface area (Å²) in [6, 6.07) is 5.72. The van der Waals surface area contributed by atoms with E-state index in [9.17, 15) is 4.79 Å². The molecule has 0 saturated carbocycles. The normalized spacial score (nSPS) is 16.6. The van der Waals surface area contributed by atoms with Gasteiger partial charge in [0.15, 0.2) is 0 Å². The van der Waals surface area contributed by atoms with Crippen LogP contribution in [0.25, 0.3) is 0 Å². The molecule has 0 aliphatic carbocycles. The first-order chi connectivity index (χ1) is 8.70. The minimum absolute atomic E-state index is 0.292. The molecule has 1 aromatic carbocycles. The number of carbonyl (C=O) groups is 1. The maximum atomic E-state index is 11.7. The van der Waals surface area contributed by atoms with Crippen molar-refractivity contribution in [3.63, 3.8) is 0 Å². The zero-order valence-corrected chi connectivity index (χ0v) is 11.9. The third kappa shape index (κ3) is 3.31. The molecule has 0 bridgehead atoms. The minimum Gasteiger partial charge on any atom is -0.465 e. The molecular weight excluding hydrogens is 298 g/mol. The van der Waals surface area contributed by atoms with Crippen LogP contribution >= 0.6 is 15.9 Å². The third-order valence-electron chi connectivity index (χ3n) is 2.97. The van der Waals surface area contributed by atoms with Gasteiger partial charge in [0.25, 0.3) is 0 Å². The van der Waals surface area contributed by atoms with E-state index in [2.05, 4.69) is 20.8 Å². The predicted octanol–water partition coefficient (Wildman–Crippen LogP) is 2.07. The largest absolute Gasteiger partial charge is 0.465 e. The Morgan fingerprint density at radius 1 is 1.44 bits per heavy atom. The number of benzene rings is 1. The molecule has 0 N–H and O–H groups in total. The number of methoxy groups -OCH3 is 1. The highest BCUT2D eigenvalue weighted by Gasteiger charge is 2.16. The molecule has 0 spiro atoms. The van der Waals surface area contributed by atoms with Gasteiger partial charge in [-0.3, -0.25) is 4.90 Å². The molecule has 18 heavy (non-hydrogen) atoms. The molecule has 1 aliphatic heterocycles. The van der Waals surface area contributed by atoms with Crippen molar-refractivity contribution in [1.29, 1.82) is 0 Å². The predicted molar refractivity (Wildman–Crippen MR) is 71.6 cm³/mol. The van der Waals surface area contributed by atoms with E-state index in [-0.39, 0.29) is 5.97 Å². The van der Waals surface area contributed by atoms with E-state index in [4.69, 9.17) is 9.47 Å². The molecule has 1 heterocycles. The Hall–Kier alpha value is -0.910. The molecule has 98 valence electrons. The molecule has 1 saturated heterocycles. The van der Waals surface area contributed by atoms with Gasteiger partial charge in [0, 0.05) is 24.1 Å². The standard InChI is InChI=1S/C13H16BrNO3/c1-17-13(16)12-8-11(14)3-2-10(12)9-15-4-6-18-7-5-15/h2-3,8H,4-7,9H2,1H3. The summed E-state index contributed by atoms with van der Waals surface area (Å²) in [6.45, 7) is 4.06. The number of carbonyl (C=O) groups excluding carboxylic acids is 1. The van der Waals surface area contributed by atoms with Gasteiger partial charge < -0.3 is 9.47 Å². The fourth-order valence-electron chi connectivity index (χ4n) is 1.99. The molecule has 2 rings (SSSR count). The number of hydrogen-bond donors (Lipinski definition) is 0. The van der Waals surface area contributed by atoms with E-state index in [0.29, 0.717) is 5.56 Å². The van der Waals surface area contributed by atoms with Gasteiger partial charge in [0.2, 0.25) is 0 Å². The molecule has 1 aliphatic rings. The second-order valence-corrected chi connectivity index (χ2v) is 5.10. The highest BCUT2D eigenvalue weighted by Crippen LogP contribution is 2.19. The number of nitrogens with zero attached hydrogens (tertiary/aromatic N) is 1. The monoisotopic (exact) mass is 313 g/mol. The van der Waals surface area contributed by atoms with Crippen LogP contribution in [0.2, 0.25) is 0 Å². The molecule has 0 aromatic heterocycles. The zero-order valence-electron chi connectivity index (χ0n) is 10.3. The molecule has 0 radical (unpaired) electrons. The van der Waals surface area contributed by atoms with Crippen LogP contribution in [0.1, 0.15) is 15.9 Å². The van der Waals surface area contributed by atoms with Crippen molar-refractivity contribution in [3.8, 4) is 0 Å². The average molecular weight is 314 g/mol. The molecular formula is C13H16BrNO3. The number of halogens is 1. The van der Waals surface area contributed by atoms with Crippen LogP contribution in [0, 0.1) is 0 Å². The van der Waals surface area contributed by atoms with Gasteiger partial charge in [0.05, 0.1) is 25.9 Å². The van der Waals surface area contributed by atoms with Crippen LogP contribution in [0.3, 0.4) is 0 Å². The Morgan fingerprint density at radius 2 is 2.17 bits per heavy atom. The first-order valence-electron chi connectivity index (χ1n) is 5.87. The number of esters is 1. The van der Waals surface area contributed by atoms with E-state index >= 15 is 0 Å². The Bertz CT molecular complexity index is 430. The molecule has 1 aromatic rings. The first kappa shape index (κ1) is 13.5. The number of ether oxygens (including phenoxy) is 2. The molecule has 4 nitrogen and oxygen atoms in total. The molecule has 0 unspecified atom stereocenters. The highest BCUT2D eigenvalue weighted by atomic mass is 79.9. The highest BCUT2D eigenvalue weighted by molar-refractivity contribution is 9.10. The quantitative estimate of drug-likeness (QED) is 0.801. The van der Waals surface area contributed by atoms with Gasteiger partial charge in [0.1, 0.15) is 0 Å².